The van der Waals surface area contributed by atoms with Gasteiger partial charge in [0, 0.05) is 36.3 Å². The number of halogens is 2. The number of nitrogens with zero attached hydrogens (tertiary/aromatic N) is 4. The first kappa shape index (κ1) is 26.1. The molecule has 0 bridgehead atoms. The number of carbonyl (C=O) groups is 2. The monoisotopic (exact) mass is 538 g/mol. The van der Waals surface area contributed by atoms with E-state index in [2.05, 4.69) is 15.5 Å². The molecule has 10 nitrogen and oxygen atoms in total. The van der Waals surface area contributed by atoms with Crippen molar-refractivity contribution in [1.29, 1.82) is 0 Å². The van der Waals surface area contributed by atoms with E-state index in [0.717, 1.165) is 37.5 Å². The van der Waals surface area contributed by atoms with E-state index in [-0.39, 0.29) is 30.2 Å². The molecule has 194 valence electrons. The molecule has 1 aliphatic heterocycles. The average molecular weight is 539 g/mol. The van der Waals surface area contributed by atoms with Crippen molar-refractivity contribution in [2.24, 2.45) is 0 Å². The summed E-state index contributed by atoms with van der Waals surface area (Å²) < 4.78 is 39.0. The number of aryl methyl sites for hydroxylation is 1. The second-order valence-electron chi connectivity index (χ2n) is 9.24. The van der Waals surface area contributed by atoms with Crippen LogP contribution in [0.1, 0.15) is 47.2 Å². The molecule has 3 amide bonds. The largest absolute Gasteiger partial charge is 0.353 e. The molecule has 1 aliphatic carbocycles. The maximum absolute atomic E-state index is 14.3. The second kappa shape index (κ2) is 10.6. The molecule has 2 aromatic rings. The van der Waals surface area contributed by atoms with E-state index in [1.165, 1.54) is 18.3 Å². The number of rotatable bonds is 7. The lowest BCUT2D eigenvalue weighted by molar-refractivity contribution is 0.0981. The molecule has 13 heteroatoms. The molecule has 2 heterocycles. The highest BCUT2D eigenvalue weighted by molar-refractivity contribution is 7.89. The number of hydrogen-bond donors (Lipinski definition) is 2. The molecular weight excluding hydrogens is 511 g/mol. The highest BCUT2D eigenvalue weighted by Gasteiger charge is 2.39. The van der Waals surface area contributed by atoms with Crippen molar-refractivity contribution in [2.45, 2.75) is 51.2 Å². The number of sulfonamides is 1. The van der Waals surface area contributed by atoms with Gasteiger partial charge in [0.1, 0.15) is 5.82 Å². The first-order valence-electron chi connectivity index (χ1n) is 11.6. The maximum atomic E-state index is 14.3. The average Bonchev–Trinajstić information content (AvgIpc) is 3.65. The molecule has 0 radical (unpaired) electrons. The number of benzene rings is 1. The molecule has 1 saturated carbocycles. The Morgan fingerprint density at radius 1 is 1.22 bits per heavy atom. The molecule has 2 aliphatic rings. The smallest absolute Gasteiger partial charge is 0.318 e. The van der Waals surface area contributed by atoms with Gasteiger partial charge in [-0.3, -0.25) is 4.79 Å². The van der Waals surface area contributed by atoms with Crippen molar-refractivity contribution in [3.05, 3.63) is 51.9 Å². The zero-order chi connectivity index (χ0) is 26.0. The fraction of sp³-hybridized carbons (Fsp3) is 0.478. The van der Waals surface area contributed by atoms with Gasteiger partial charge in [-0.25, -0.2) is 22.3 Å². The highest BCUT2D eigenvalue weighted by atomic mass is 35.5. The van der Waals surface area contributed by atoms with Crippen LogP contribution >= 0.6 is 11.6 Å². The van der Waals surface area contributed by atoms with Crippen LogP contribution in [-0.4, -0.2) is 66.9 Å². The van der Waals surface area contributed by atoms with Crippen LogP contribution in [0.5, 0.6) is 0 Å². The third-order valence-electron chi connectivity index (χ3n) is 6.23. The van der Waals surface area contributed by atoms with Gasteiger partial charge in [0.05, 0.1) is 24.1 Å². The number of carbonyl (C=O) groups excluding carboxylic acids is 2. The van der Waals surface area contributed by atoms with Crippen LogP contribution in [0.25, 0.3) is 0 Å². The van der Waals surface area contributed by atoms with Crippen LogP contribution in [-0.2, 0) is 16.6 Å². The maximum Gasteiger partial charge on any atom is 0.318 e. The van der Waals surface area contributed by atoms with Crippen LogP contribution in [0.3, 0.4) is 0 Å². The number of aromatic nitrogens is 2. The third kappa shape index (κ3) is 6.41. The normalized spacial score (nSPS) is 18.0. The third-order valence-corrected chi connectivity index (χ3v) is 7.19. The molecule has 1 aromatic heterocycles. The first-order chi connectivity index (χ1) is 17.0. The van der Waals surface area contributed by atoms with E-state index in [0.29, 0.717) is 29.5 Å². The Morgan fingerprint density at radius 2 is 1.97 bits per heavy atom. The Hall–Kier alpha value is -2.99. The van der Waals surface area contributed by atoms with Gasteiger partial charge in [-0.15, -0.1) is 5.10 Å². The molecule has 1 atom stereocenters. The van der Waals surface area contributed by atoms with Crippen LogP contribution in [0, 0.1) is 12.7 Å². The van der Waals surface area contributed by atoms with E-state index >= 15 is 0 Å². The predicted molar refractivity (Wildman–Crippen MR) is 133 cm³/mol. The van der Waals surface area contributed by atoms with Gasteiger partial charge in [0.25, 0.3) is 5.91 Å². The van der Waals surface area contributed by atoms with Gasteiger partial charge in [-0.05, 0) is 56.4 Å². The second-order valence-corrected chi connectivity index (χ2v) is 11.4. The molecule has 0 spiro atoms. The zero-order valence-electron chi connectivity index (χ0n) is 20.0. The molecule has 1 aromatic carbocycles. The van der Waals surface area contributed by atoms with E-state index < -0.39 is 21.7 Å². The summed E-state index contributed by atoms with van der Waals surface area (Å²) in [4.78, 5) is 29.2. The van der Waals surface area contributed by atoms with Crippen LogP contribution in [0.2, 0.25) is 5.02 Å². The van der Waals surface area contributed by atoms with Gasteiger partial charge in [0.2, 0.25) is 10.0 Å². The SMILES string of the molecule is Cc1cc(CNC(=O)N(C2CC2)[C@@H]2CCCN(c3cc(C(=O)NS(C)(=O)=O)cnn3)C2)c(F)cc1Cl. The summed E-state index contributed by atoms with van der Waals surface area (Å²) in [7, 11) is -3.72. The summed E-state index contributed by atoms with van der Waals surface area (Å²) in [6.07, 6.45) is 5.48. The molecule has 4 rings (SSSR count). The van der Waals surface area contributed by atoms with Crippen molar-refractivity contribution < 1.29 is 22.4 Å². The van der Waals surface area contributed by atoms with Gasteiger partial charge >= 0.3 is 6.03 Å². The lowest BCUT2D eigenvalue weighted by Crippen LogP contribution is -2.54. The molecule has 36 heavy (non-hydrogen) atoms. The van der Waals surface area contributed by atoms with Crippen molar-refractivity contribution in [1.82, 2.24) is 25.1 Å². The summed E-state index contributed by atoms with van der Waals surface area (Å²) in [6, 6.07) is 4.12. The van der Waals surface area contributed by atoms with Crippen LogP contribution < -0.4 is 14.9 Å². The molecule has 2 fully saturated rings. The Balaban J connectivity index is 1.45. The minimum Gasteiger partial charge on any atom is -0.353 e. The minimum absolute atomic E-state index is 0.0469. The quantitative estimate of drug-likeness (QED) is 0.555. The van der Waals surface area contributed by atoms with Gasteiger partial charge < -0.3 is 15.1 Å². The predicted octanol–water partition coefficient (Wildman–Crippen LogP) is 2.61. The van der Waals surface area contributed by atoms with Gasteiger partial charge in [-0.2, -0.15) is 5.10 Å². The molecule has 1 saturated heterocycles. The van der Waals surface area contributed by atoms with Crippen molar-refractivity contribution in [2.75, 3.05) is 24.2 Å². The van der Waals surface area contributed by atoms with Crippen molar-refractivity contribution >= 4 is 39.4 Å². The van der Waals surface area contributed by atoms with Crippen LogP contribution in [0.4, 0.5) is 15.0 Å². The Kier molecular flexibility index (Phi) is 7.65. The van der Waals surface area contributed by atoms with E-state index in [4.69, 9.17) is 11.6 Å². The standard InChI is InChI=1S/C23H28ClFN6O4S/c1-14-8-15(20(25)10-19(14)24)11-26-23(33)31(17-5-6-17)18-4-3-7-30(13-18)21-9-16(12-27-28-21)22(32)29-36(2,34)35/h8-10,12,17-18H,3-7,11,13H2,1-2H3,(H,26,33)(H,29,32)/t18-/m1/s1. The zero-order valence-corrected chi connectivity index (χ0v) is 21.6. The molecule has 2 N–H and O–H groups in total. The number of piperidine rings is 1. The van der Waals surface area contributed by atoms with Gasteiger partial charge in [0.15, 0.2) is 5.82 Å². The number of hydrogen-bond acceptors (Lipinski definition) is 7. The summed E-state index contributed by atoms with van der Waals surface area (Å²) >= 11 is 5.97. The van der Waals surface area contributed by atoms with Crippen LogP contribution in [0.15, 0.2) is 24.4 Å². The Labute approximate surface area is 214 Å². The topological polar surface area (TPSA) is 125 Å². The number of amides is 3. The number of nitrogens with one attached hydrogen (secondary N) is 2. The van der Waals surface area contributed by atoms with E-state index in [9.17, 15) is 22.4 Å². The van der Waals surface area contributed by atoms with Crippen molar-refractivity contribution in [3.63, 3.8) is 0 Å². The summed E-state index contributed by atoms with van der Waals surface area (Å²) in [6.45, 7) is 2.95. The number of anilines is 1. The number of urea groups is 1. The van der Waals surface area contributed by atoms with E-state index in [1.54, 1.807) is 13.0 Å². The van der Waals surface area contributed by atoms with Gasteiger partial charge in [-0.1, -0.05) is 11.6 Å². The highest BCUT2D eigenvalue weighted by Crippen LogP contribution is 2.32. The summed E-state index contributed by atoms with van der Waals surface area (Å²) in [5.41, 5.74) is 1.17. The fourth-order valence-electron chi connectivity index (χ4n) is 4.35. The fourth-order valence-corrected chi connectivity index (χ4v) is 4.95. The lowest BCUT2D eigenvalue weighted by Gasteiger charge is -2.40. The Bertz CT molecular complexity index is 1270. The minimum atomic E-state index is -3.72. The summed E-state index contributed by atoms with van der Waals surface area (Å²) in [5, 5.41) is 11.2. The molecular formula is C23H28ClFN6O4S. The Morgan fingerprint density at radius 3 is 2.67 bits per heavy atom. The van der Waals surface area contributed by atoms with E-state index in [1.807, 2.05) is 14.5 Å². The molecule has 0 unspecified atom stereocenters. The lowest BCUT2D eigenvalue weighted by atomic mass is 10.0. The first-order valence-corrected chi connectivity index (χ1v) is 13.9. The van der Waals surface area contributed by atoms with Crippen molar-refractivity contribution in [3.8, 4) is 0 Å². The summed E-state index contributed by atoms with van der Waals surface area (Å²) in [5.74, 6) is -0.826.